The highest BCUT2D eigenvalue weighted by Crippen LogP contribution is 2.37. The van der Waals surface area contributed by atoms with E-state index in [4.69, 9.17) is 18.9 Å². The lowest BCUT2D eigenvalue weighted by Gasteiger charge is -2.45. The molecule has 0 unspecified atom stereocenters. The van der Waals surface area contributed by atoms with Crippen molar-refractivity contribution in [3.05, 3.63) is 108 Å². The highest BCUT2D eigenvalue weighted by atomic mass is 16.7. The normalized spacial score (nSPS) is 23.7. The van der Waals surface area contributed by atoms with E-state index in [1.165, 1.54) is 0 Å². The van der Waals surface area contributed by atoms with Gasteiger partial charge in [-0.1, -0.05) is 96.2 Å². The molecule has 37 heavy (non-hydrogen) atoms. The minimum absolute atomic E-state index is 0.255. The second kappa shape index (κ2) is 12.2. The summed E-state index contributed by atoms with van der Waals surface area (Å²) in [7, 11) is 1.57. The first kappa shape index (κ1) is 25.3. The number of hydrogen-bond donors (Lipinski definition) is 1. The van der Waals surface area contributed by atoms with Crippen LogP contribution in [0.25, 0.3) is 11.3 Å². The predicted octanol–water partition coefficient (Wildman–Crippen LogP) is 4.02. The molecule has 8 nitrogen and oxygen atoms in total. The van der Waals surface area contributed by atoms with Gasteiger partial charge >= 0.3 is 0 Å². The highest BCUT2D eigenvalue weighted by Gasteiger charge is 2.49. The van der Waals surface area contributed by atoms with Gasteiger partial charge in [0.15, 0.2) is 6.29 Å². The van der Waals surface area contributed by atoms with E-state index in [9.17, 15) is 5.11 Å². The number of methoxy groups -OCH3 is 1. The van der Waals surface area contributed by atoms with Gasteiger partial charge in [0.2, 0.25) is 0 Å². The van der Waals surface area contributed by atoms with Gasteiger partial charge in [-0.2, -0.15) is 0 Å². The van der Waals surface area contributed by atoms with Crippen molar-refractivity contribution < 1.29 is 24.1 Å². The van der Waals surface area contributed by atoms with Gasteiger partial charge in [-0.05, 0) is 11.1 Å². The van der Waals surface area contributed by atoms with Crippen molar-refractivity contribution in [1.82, 2.24) is 15.0 Å². The molecule has 192 valence electrons. The molecule has 4 aromatic rings. The number of aromatic nitrogens is 3. The summed E-state index contributed by atoms with van der Waals surface area (Å²) in [5.41, 5.74) is 3.77. The van der Waals surface area contributed by atoms with Crippen LogP contribution < -0.4 is 0 Å². The first-order valence-electron chi connectivity index (χ1n) is 12.3. The van der Waals surface area contributed by atoms with Crippen LogP contribution in [0.5, 0.6) is 0 Å². The van der Waals surface area contributed by atoms with Gasteiger partial charge in [-0.15, -0.1) is 5.10 Å². The van der Waals surface area contributed by atoms with Crippen LogP contribution in [0.3, 0.4) is 0 Å². The van der Waals surface area contributed by atoms with Crippen LogP contribution in [0.15, 0.2) is 97.2 Å². The SMILES string of the molecule is CO[C@H]1O[C@H](CO)[C@H](n2nncc2-c2ccccc2)[C@H](OCc2ccccc2)[C@H]1OCc1ccccc1. The summed E-state index contributed by atoms with van der Waals surface area (Å²) in [6.45, 7) is 0.436. The maximum Gasteiger partial charge on any atom is 0.186 e. The molecule has 5 atom stereocenters. The Hall–Kier alpha value is -3.40. The number of hydrogen-bond acceptors (Lipinski definition) is 7. The third kappa shape index (κ3) is 5.79. The quantitative estimate of drug-likeness (QED) is 0.351. The number of ether oxygens (including phenoxy) is 4. The molecule has 1 N–H and O–H groups in total. The van der Waals surface area contributed by atoms with Crippen LogP contribution in [-0.4, -0.2) is 58.4 Å². The molecule has 8 heteroatoms. The van der Waals surface area contributed by atoms with Gasteiger partial charge in [0.1, 0.15) is 24.4 Å². The average molecular weight is 502 g/mol. The van der Waals surface area contributed by atoms with E-state index in [1.807, 2.05) is 91.0 Å². The zero-order chi connectivity index (χ0) is 25.5. The van der Waals surface area contributed by atoms with Crippen molar-refractivity contribution in [1.29, 1.82) is 0 Å². The molecule has 1 aliphatic heterocycles. The minimum atomic E-state index is -0.749. The smallest absolute Gasteiger partial charge is 0.186 e. The van der Waals surface area contributed by atoms with E-state index in [0.717, 1.165) is 22.4 Å². The van der Waals surface area contributed by atoms with E-state index in [1.54, 1.807) is 18.0 Å². The van der Waals surface area contributed by atoms with Crippen molar-refractivity contribution in [3.63, 3.8) is 0 Å². The summed E-state index contributed by atoms with van der Waals surface area (Å²) in [6.07, 6.45) is -0.869. The highest BCUT2D eigenvalue weighted by molar-refractivity contribution is 5.58. The Morgan fingerprint density at radius 1 is 0.811 bits per heavy atom. The standard InChI is InChI=1S/C29H31N3O5/c1-34-29-28(36-20-22-13-7-3-8-14-22)27(35-19-21-11-5-2-6-12-21)26(25(18-33)37-29)32-24(17-30-31-32)23-15-9-4-10-16-23/h2-17,25-29,33H,18-20H2,1H3/t25-,26+,27+,28-,29+/m1/s1. The Balaban J connectivity index is 1.52. The Kier molecular flexibility index (Phi) is 8.35. The van der Waals surface area contributed by atoms with Gasteiger partial charge in [-0.3, -0.25) is 0 Å². The van der Waals surface area contributed by atoms with Gasteiger partial charge in [0, 0.05) is 12.7 Å². The van der Waals surface area contributed by atoms with Crippen LogP contribution >= 0.6 is 0 Å². The monoisotopic (exact) mass is 501 g/mol. The van der Waals surface area contributed by atoms with Gasteiger partial charge < -0.3 is 24.1 Å². The van der Waals surface area contributed by atoms with Crippen LogP contribution in [0.4, 0.5) is 0 Å². The van der Waals surface area contributed by atoms with Crippen molar-refractivity contribution in [2.24, 2.45) is 0 Å². The Morgan fingerprint density at radius 3 is 1.95 bits per heavy atom. The second-order valence-electron chi connectivity index (χ2n) is 8.90. The van der Waals surface area contributed by atoms with E-state index < -0.39 is 30.6 Å². The molecule has 1 saturated heterocycles. The molecule has 2 heterocycles. The van der Waals surface area contributed by atoms with E-state index in [2.05, 4.69) is 10.3 Å². The van der Waals surface area contributed by atoms with Crippen molar-refractivity contribution in [2.45, 2.75) is 43.9 Å². The molecule has 1 aliphatic rings. The van der Waals surface area contributed by atoms with Crippen molar-refractivity contribution in [2.75, 3.05) is 13.7 Å². The third-order valence-electron chi connectivity index (χ3n) is 6.53. The number of benzene rings is 3. The van der Waals surface area contributed by atoms with Gasteiger partial charge in [-0.25, -0.2) is 4.68 Å². The Bertz CT molecular complexity index is 1220. The fraction of sp³-hybridized carbons (Fsp3) is 0.310. The lowest BCUT2D eigenvalue weighted by atomic mass is 9.95. The number of aliphatic hydroxyl groups is 1. The molecule has 0 amide bonds. The second-order valence-corrected chi connectivity index (χ2v) is 8.90. The molecule has 5 rings (SSSR count). The molecule has 1 aromatic heterocycles. The number of aliphatic hydroxyl groups excluding tert-OH is 1. The van der Waals surface area contributed by atoms with E-state index in [0.29, 0.717) is 13.2 Å². The van der Waals surface area contributed by atoms with Crippen LogP contribution in [-0.2, 0) is 32.2 Å². The molecular weight excluding hydrogens is 470 g/mol. The van der Waals surface area contributed by atoms with Gasteiger partial charge in [0.05, 0.1) is 31.7 Å². The van der Waals surface area contributed by atoms with E-state index in [-0.39, 0.29) is 6.61 Å². The first-order valence-corrected chi connectivity index (χ1v) is 12.3. The zero-order valence-corrected chi connectivity index (χ0v) is 20.7. The lowest BCUT2D eigenvalue weighted by molar-refractivity contribution is -0.300. The summed E-state index contributed by atoms with van der Waals surface area (Å²) < 4.78 is 26.7. The van der Waals surface area contributed by atoms with Crippen LogP contribution in [0.1, 0.15) is 17.2 Å². The molecule has 0 aliphatic carbocycles. The average Bonchev–Trinajstić information content (AvgIpc) is 3.45. The van der Waals surface area contributed by atoms with Gasteiger partial charge in [0.25, 0.3) is 0 Å². The summed E-state index contributed by atoms with van der Waals surface area (Å²) in [4.78, 5) is 0. The Labute approximate surface area is 216 Å². The van der Waals surface area contributed by atoms with Crippen LogP contribution in [0, 0.1) is 0 Å². The summed E-state index contributed by atoms with van der Waals surface area (Å²) in [6, 6.07) is 29.2. The maximum atomic E-state index is 10.4. The van der Waals surface area contributed by atoms with Crippen molar-refractivity contribution >= 4 is 0 Å². The molecule has 0 spiro atoms. The minimum Gasteiger partial charge on any atom is -0.394 e. The summed E-state index contributed by atoms with van der Waals surface area (Å²) >= 11 is 0. The number of rotatable bonds is 10. The van der Waals surface area contributed by atoms with E-state index >= 15 is 0 Å². The Morgan fingerprint density at radius 2 is 1.38 bits per heavy atom. The molecule has 0 saturated carbocycles. The molecule has 1 fully saturated rings. The topological polar surface area (TPSA) is 87.9 Å². The van der Waals surface area contributed by atoms with Crippen molar-refractivity contribution in [3.8, 4) is 11.3 Å². The van der Waals surface area contributed by atoms with Crippen LogP contribution in [0.2, 0.25) is 0 Å². The molecule has 0 bridgehead atoms. The predicted molar refractivity (Wildman–Crippen MR) is 137 cm³/mol. The fourth-order valence-corrected chi connectivity index (χ4v) is 4.71. The number of nitrogens with zero attached hydrogens (tertiary/aromatic N) is 3. The summed E-state index contributed by atoms with van der Waals surface area (Å²) in [5.74, 6) is 0. The zero-order valence-electron chi connectivity index (χ0n) is 20.7. The lowest BCUT2D eigenvalue weighted by Crippen LogP contribution is -2.58. The fourth-order valence-electron chi connectivity index (χ4n) is 4.71. The summed E-state index contributed by atoms with van der Waals surface area (Å²) in [5, 5.41) is 19.0. The third-order valence-corrected chi connectivity index (χ3v) is 6.53. The largest absolute Gasteiger partial charge is 0.394 e. The molecular formula is C29H31N3O5. The first-order chi connectivity index (χ1) is 18.3. The maximum absolute atomic E-state index is 10.4. The molecule has 0 radical (unpaired) electrons. The molecule has 3 aromatic carbocycles.